The van der Waals surface area contributed by atoms with Crippen LogP contribution >= 0.6 is 0 Å². The van der Waals surface area contributed by atoms with Crippen molar-refractivity contribution in [2.75, 3.05) is 0 Å². The van der Waals surface area contributed by atoms with Crippen LogP contribution in [0.1, 0.15) is 52.4 Å². The van der Waals surface area contributed by atoms with Gasteiger partial charge in [0.25, 0.3) is 0 Å². The molecule has 0 unspecified atom stereocenters. The highest BCUT2D eigenvalue weighted by Gasteiger charge is 2.25. The number of primary amides is 1. The van der Waals surface area contributed by atoms with Gasteiger partial charge in [0.2, 0.25) is 11.8 Å². The van der Waals surface area contributed by atoms with Gasteiger partial charge in [0, 0.05) is 5.92 Å². The fraction of sp³-hybridized carbons (Fsp3) is 0.846. The summed E-state index contributed by atoms with van der Waals surface area (Å²) in [5.41, 5.74) is 5.31. The summed E-state index contributed by atoms with van der Waals surface area (Å²) in [6.45, 7) is 4.03. The van der Waals surface area contributed by atoms with Gasteiger partial charge in [0.1, 0.15) is 6.04 Å². The van der Waals surface area contributed by atoms with Crippen LogP contribution in [0, 0.1) is 11.8 Å². The predicted molar refractivity (Wildman–Crippen MR) is 67.2 cm³/mol. The van der Waals surface area contributed by atoms with Gasteiger partial charge in [-0.2, -0.15) is 0 Å². The molecule has 4 nitrogen and oxygen atoms in total. The molecule has 1 fully saturated rings. The standard InChI is InChI=1S/C13H24N2O2/c1-9(2)8-11(12(14)16)15-13(17)10-6-4-3-5-7-10/h9-11H,3-8H2,1-2H3,(H2,14,16)(H,15,17)/t11-/m1/s1. The first-order chi connectivity index (χ1) is 8.00. The number of hydrogen-bond acceptors (Lipinski definition) is 2. The largest absolute Gasteiger partial charge is 0.368 e. The highest BCUT2D eigenvalue weighted by Crippen LogP contribution is 2.23. The summed E-state index contributed by atoms with van der Waals surface area (Å²) >= 11 is 0. The zero-order chi connectivity index (χ0) is 12.8. The van der Waals surface area contributed by atoms with Crippen LogP contribution in [0.2, 0.25) is 0 Å². The summed E-state index contributed by atoms with van der Waals surface area (Å²) in [6.07, 6.45) is 5.95. The average Bonchev–Trinajstić information content (AvgIpc) is 2.28. The average molecular weight is 240 g/mol. The molecule has 0 heterocycles. The molecule has 0 bridgehead atoms. The normalized spacial score (nSPS) is 19.0. The van der Waals surface area contributed by atoms with Crippen molar-refractivity contribution in [2.24, 2.45) is 17.6 Å². The Bertz CT molecular complexity index is 271. The highest BCUT2D eigenvalue weighted by atomic mass is 16.2. The van der Waals surface area contributed by atoms with E-state index in [1.54, 1.807) is 0 Å². The zero-order valence-electron chi connectivity index (χ0n) is 10.9. The highest BCUT2D eigenvalue weighted by molar-refractivity contribution is 5.87. The number of rotatable bonds is 5. The smallest absolute Gasteiger partial charge is 0.240 e. The maximum absolute atomic E-state index is 12.0. The van der Waals surface area contributed by atoms with E-state index in [1.807, 2.05) is 13.8 Å². The third-order valence-corrected chi connectivity index (χ3v) is 3.34. The Kier molecular flexibility index (Phi) is 5.45. The van der Waals surface area contributed by atoms with Crippen molar-refractivity contribution < 1.29 is 9.59 Å². The minimum Gasteiger partial charge on any atom is -0.368 e. The van der Waals surface area contributed by atoms with Crippen LogP contribution in [0.4, 0.5) is 0 Å². The lowest BCUT2D eigenvalue weighted by Gasteiger charge is -2.24. The molecular weight excluding hydrogens is 216 g/mol. The van der Waals surface area contributed by atoms with Crippen molar-refractivity contribution in [3.8, 4) is 0 Å². The molecule has 1 rings (SSSR count). The molecule has 0 aliphatic heterocycles. The summed E-state index contributed by atoms with van der Waals surface area (Å²) in [5, 5.41) is 2.80. The fourth-order valence-electron chi connectivity index (χ4n) is 2.37. The second-order valence-corrected chi connectivity index (χ2v) is 5.43. The van der Waals surface area contributed by atoms with Crippen LogP contribution in [-0.2, 0) is 9.59 Å². The fourth-order valence-corrected chi connectivity index (χ4v) is 2.37. The number of amides is 2. The van der Waals surface area contributed by atoms with Gasteiger partial charge in [-0.15, -0.1) is 0 Å². The predicted octanol–water partition coefficient (Wildman–Crippen LogP) is 1.58. The van der Waals surface area contributed by atoms with Gasteiger partial charge in [0.15, 0.2) is 0 Å². The lowest BCUT2D eigenvalue weighted by molar-refractivity contribution is -0.130. The van der Waals surface area contributed by atoms with E-state index in [4.69, 9.17) is 5.73 Å². The van der Waals surface area contributed by atoms with E-state index < -0.39 is 11.9 Å². The van der Waals surface area contributed by atoms with Gasteiger partial charge in [0.05, 0.1) is 0 Å². The number of hydrogen-bond donors (Lipinski definition) is 2. The van der Waals surface area contributed by atoms with Gasteiger partial charge in [-0.25, -0.2) is 0 Å². The van der Waals surface area contributed by atoms with Crippen LogP contribution in [-0.4, -0.2) is 17.9 Å². The Morgan fingerprint density at radius 3 is 2.29 bits per heavy atom. The molecule has 1 saturated carbocycles. The van der Waals surface area contributed by atoms with Gasteiger partial charge in [-0.1, -0.05) is 33.1 Å². The minimum absolute atomic E-state index is 0.00847. The third-order valence-electron chi connectivity index (χ3n) is 3.34. The molecule has 4 heteroatoms. The summed E-state index contributed by atoms with van der Waals surface area (Å²) < 4.78 is 0. The van der Waals surface area contributed by atoms with Crippen molar-refractivity contribution >= 4 is 11.8 Å². The number of carbonyl (C=O) groups is 2. The number of nitrogens with one attached hydrogen (secondary N) is 1. The molecule has 1 atom stereocenters. The number of nitrogens with two attached hydrogens (primary N) is 1. The molecule has 0 saturated heterocycles. The van der Waals surface area contributed by atoms with Crippen molar-refractivity contribution in [3.05, 3.63) is 0 Å². The van der Waals surface area contributed by atoms with Gasteiger partial charge in [-0.05, 0) is 25.2 Å². The maximum Gasteiger partial charge on any atom is 0.240 e. The summed E-state index contributed by atoms with van der Waals surface area (Å²) in [4.78, 5) is 23.2. The number of carbonyl (C=O) groups excluding carboxylic acids is 2. The molecule has 17 heavy (non-hydrogen) atoms. The monoisotopic (exact) mass is 240 g/mol. The molecule has 1 aliphatic rings. The van der Waals surface area contributed by atoms with Crippen molar-refractivity contribution in [1.82, 2.24) is 5.32 Å². The van der Waals surface area contributed by atoms with E-state index in [1.165, 1.54) is 6.42 Å². The molecule has 98 valence electrons. The lowest BCUT2D eigenvalue weighted by Crippen LogP contribution is -2.47. The molecule has 2 amide bonds. The summed E-state index contributed by atoms with van der Waals surface area (Å²) in [7, 11) is 0. The van der Waals surface area contributed by atoms with Crippen molar-refractivity contribution in [2.45, 2.75) is 58.4 Å². The Morgan fingerprint density at radius 2 is 1.82 bits per heavy atom. The Morgan fingerprint density at radius 1 is 1.24 bits per heavy atom. The Hall–Kier alpha value is -1.06. The first-order valence-corrected chi connectivity index (χ1v) is 6.60. The molecule has 0 radical (unpaired) electrons. The molecule has 0 aromatic rings. The zero-order valence-corrected chi connectivity index (χ0v) is 10.9. The van der Waals surface area contributed by atoms with Crippen LogP contribution < -0.4 is 11.1 Å². The Labute approximate surface area is 103 Å². The maximum atomic E-state index is 12.0. The van der Waals surface area contributed by atoms with Crippen molar-refractivity contribution in [1.29, 1.82) is 0 Å². The van der Waals surface area contributed by atoms with Gasteiger partial charge in [-0.3, -0.25) is 9.59 Å². The minimum atomic E-state index is -0.510. The van der Waals surface area contributed by atoms with E-state index in [0.717, 1.165) is 25.7 Å². The second kappa shape index (κ2) is 6.62. The SMILES string of the molecule is CC(C)C[C@@H](NC(=O)C1CCCCC1)C(N)=O. The summed E-state index contributed by atoms with van der Waals surface area (Å²) in [6, 6.07) is -0.510. The van der Waals surface area contributed by atoms with Crippen LogP contribution in [0.5, 0.6) is 0 Å². The molecular formula is C13H24N2O2. The first kappa shape index (κ1) is 14.0. The van der Waals surface area contributed by atoms with Gasteiger partial charge < -0.3 is 11.1 Å². The topological polar surface area (TPSA) is 72.2 Å². The summed E-state index contributed by atoms with van der Waals surface area (Å²) in [5.74, 6) is 0.00827. The van der Waals surface area contributed by atoms with E-state index >= 15 is 0 Å². The van der Waals surface area contributed by atoms with E-state index in [9.17, 15) is 9.59 Å². The third kappa shape index (κ3) is 4.75. The van der Waals surface area contributed by atoms with Crippen molar-refractivity contribution in [3.63, 3.8) is 0 Å². The van der Waals surface area contributed by atoms with Crippen LogP contribution in [0.3, 0.4) is 0 Å². The Balaban J connectivity index is 2.47. The van der Waals surface area contributed by atoms with E-state index in [2.05, 4.69) is 5.32 Å². The quantitative estimate of drug-likeness (QED) is 0.766. The molecule has 0 aromatic heterocycles. The molecule has 0 spiro atoms. The first-order valence-electron chi connectivity index (χ1n) is 6.60. The van der Waals surface area contributed by atoms with Gasteiger partial charge >= 0.3 is 0 Å². The molecule has 3 N–H and O–H groups in total. The van der Waals surface area contributed by atoms with Crippen LogP contribution in [0.15, 0.2) is 0 Å². The van der Waals surface area contributed by atoms with E-state index in [0.29, 0.717) is 12.3 Å². The second-order valence-electron chi connectivity index (χ2n) is 5.43. The molecule has 0 aromatic carbocycles. The molecule has 1 aliphatic carbocycles. The van der Waals surface area contributed by atoms with E-state index in [-0.39, 0.29) is 11.8 Å². The lowest BCUT2D eigenvalue weighted by atomic mass is 9.88. The van der Waals surface area contributed by atoms with Crippen LogP contribution in [0.25, 0.3) is 0 Å².